The number of hydrogen-bond acceptors (Lipinski definition) is 4. The van der Waals surface area contributed by atoms with Gasteiger partial charge in [-0.25, -0.2) is 4.39 Å². The number of hydrogen-bond donors (Lipinski definition) is 1. The van der Waals surface area contributed by atoms with Gasteiger partial charge in [0, 0.05) is 32.1 Å². The average Bonchev–Trinajstić information content (AvgIpc) is 2.88. The summed E-state index contributed by atoms with van der Waals surface area (Å²) in [5.41, 5.74) is 6.15. The van der Waals surface area contributed by atoms with Gasteiger partial charge in [0.2, 0.25) is 11.8 Å². The van der Waals surface area contributed by atoms with Gasteiger partial charge < -0.3 is 15.4 Å². The molecule has 1 heterocycles. The molecule has 1 saturated heterocycles. The molecule has 0 aromatic heterocycles. The second-order valence-corrected chi connectivity index (χ2v) is 5.74. The van der Waals surface area contributed by atoms with E-state index in [1.54, 1.807) is 14.2 Å². The summed E-state index contributed by atoms with van der Waals surface area (Å²) < 4.78 is 18.8. The van der Waals surface area contributed by atoms with E-state index < -0.39 is 18.1 Å². The Morgan fingerprint density at radius 1 is 1.43 bits per heavy atom. The first-order valence-electron chi connectivity index (χ1n) is 7.45. The lowest BCUT2D eigenvalue weighted by Gasteiger charge is -2.25. The van der Waals surface area contributed by atoms with Crippen molar-refractivity contribution in [3.63, 3.8) is 0 Å². The first-order chi connectivity index (χ1) is 10.9. The Kier molecular flexibility index (Phi) is 5.54. The molecular weight excluding hydrogens is 301 g/mol. The van der Waals surface area contributed by atoms with Gasteiger partial charge in [-0.1, -0.05) is 18.2 Å². The van der Waals surface area contributed by atoms with Gasteiger partial charge in [0.25, 0.3) is 0 Å². The Balaban J connectivity index is 1.98. The van der Waals surface area contributed by atoms with Gasteiger partial charge in [0.15, 0.2) is 0 Å². The lowest BCUT2D eigenvalue weighted by molar-refractivity contribution is -0.132. The first-order valence-corrected chi connectivity index (χ1v) is 7.45. The van der Waals surface area contributed by atoms with Gasteiger partial charge >= 0.3 is 0 Å². The molecule has 6 nitrogen and oxygen atoms in total. The number of methoxy groups -OCH3 is 1. The van der Waals surface area contributed by atoms with Gasteiger partial charge in [-0.3, -0.25) is 14.5 Å². The van der Waals surface area contributed by atoms with Crippen LogP contribution < -0.4 is 10.5 Å². The summed E-state index contributed by atoms with van der Waals surface area (Å²) in [6, 6.07) is 6.71. The van der Waals surface area contributed by atoms with Crippen molar-refractivity contribution in [1.29, 1.82) is 0 Å². The van der Waals surface area contributed by atoms with E-state index in [2.05, 4.69) is 0 Å². The fraction of sp³-hybridized carbons (Fsp3) is 0.500. The molecule has 0 aliphatic carbocycles. The SMILES string of the molecule is COc1ccccc1CN(C)C(=O)CN1C[C@H](F)C[C@H]1C(N)=O. The minimum absolute atomic E-state index is 0.0281. The van der Waals surface area contributed by atoms with Crippen molar-refractivity contribution in [3.8, 4) is 5.75 Å². The summed E-state index contributed by atoms with van der Waals surface area (Å²) >= 11 is 0. The highest BCUT2D eigenvalue weighted by atomic mass is 19.1. The van der Waals surface area contributed by atoms with Crippen LogP contribution in [0.2, 0.25) is 0 Å². The van der Waals surface area contributed by atoms with E-state index in [9.17, 15) is 14.0 Å². The van der Waals surface area contributed by atoms with Crippen LogP contribution in [0.15, 0.2) is 24.3 Å². The van der Waals surface area contributed by atoms with Crippen molar-refractivity contribution < 1.29 is 18.7 Å². The minimum Gasteiger partial charge on any atom is -0.496 e. The Hall–Kier alpha value is -2.15. The van der Waals surface area contributed by atoms with Crippen molar-refractivity contribution in [2.75, 3.05) is 27.2 Å². The third-order valence-electron chi connectivity index (χ3n) is 4.04. The Labute approximate surface area is 135 Å². The van der Waals surface area contributed by atoms with Crippen LogP contribution in [0.1, 0.15) is 12.0 Å². The smallest absolute Gasteiger partial charge is 0.236 e. The molecule has 7 heteroatoms. The third kappa shape index (κ3) is 4.19. The zero-order chi connectivity index (χ0) is 17.0. The normalized spacial score (nSPS) is 21.2. The molecule has 0 saturated carbocycles. The number of likely N-dealkylation sites (N-methyl/N-ethyl adjacent to an activating group) is 1. The standard InChI is InChI=1S/C16H22FN3O3/c1-19(8-11-5-3-4-6-14(11)23-2)15(21)10-20-9-12(17)7-13(20)16(18)22/h3-6,12-13H,7-10H2,1-2H3,(H2,18,22)/t12-,13+/m1/s1. The summed E-state index contributed by atoms with van der Waals surface area (Å²) in [5.74, 6) is -0.0891. The number of carbonyl (C=O) groups excluding carboxylic acids is 2. The molecule has 0 bridgehead atoms. The molecule has 0 spiro atoms. The fourth-order valence-electron chi connectivity index (χ4n) is 2.79. The molecule has 1 fully saturated rings. The van der Waals surface area contributed by atoms with Crippen molar-refractivity contribution >= 4 is 11.8 Å². The van der Waals surface area contributed by atoms with Crippen LogP contribution >= 0.6 is 0 Å². The lowest BCUT2D eigenvalue weighted by Crippen LogP contribution is -2.45. The molecule has 23 heavy (non-hydrogen) atoms. The van der Waals surface area contributed by atoms with Crippen molar-refractivity contribution in [2.24, 2.45) is 5.73 Å². The number of nitrogens with zero attached hydrogens (tertiary/aromatic N) is 2. The van der Waals surface area contributed by atoms with E-state index in [1.165, 1.54) is 9.80 Å². The number of rotatable bonds is 6. The molecule has 2 amide bonds. The first kappa shape index (κ1) is 17.2. The summed E-state index contributed by atoms with van der Waals surface area (Å²) in [4.78, 5) is 26.7. The van der Waals surface area contributed by atoms with Crippen molar-refractivity contribution in [1.82, 2.24) is 9.80 Å². The van der Waals surface area contributed by atoms with E-state index in [0.29, 0.717) is 12.3 Å². The number of primary amides is 1. The number of nitrogens with two attached hydrogens (primary N) is 1. The zero-order valence-corrected chi connectivity index (χ0v) is 13.4. The number of ether oxygens (including phenoxy) is 1. The summed E-state index contributed by atoms with van der Waals surface area (Å²) in [7, 11) is 3.24. The average molecular weight is 323 g/mol. The second-order valence-electron chi connectivity index (χ2n) is 5.74. The van der Waals surface area contributed by atoms with Crippen LogP contribution in [-0.4, -0.2) is 61.1 Å². The predicted octanol–water partition coefficient (Wildman–Crippen LogP) is 0.551. The Morgan fingerprint density at radius 2 is 2.13 bits per heavy atom. The molecule has 0 radical (unpaired) electrons. The summed E-state index contributed by atoms with van der Waals surface area (Å²) in [6.45, 7) is 0.401. The minimum atomic E-state index is -1.13. The van der Waals surface area contributed by atoms with Crippen LogP contribution in [0, 0.1) is 0 Å². The van der Waals surface area contributed by atoms with Gasteiger partial charge in [-0.05, 0) is 6.07 Å². The molecule has 1 aliphatic rings. The van der Waals surface area contributed by atoms with Crippen LogP contribution in [0.3, 0.4) is 0 Å². The molecule has 1 aromatic rings. The number of halogens is 1. The van der Waals surface area contributed by atoms with E-state index in [0.717, 1.165) is 5.56 Å². The van der Waals surface area contributed by atoms with Gasteiger partial charge in [0.05, 0.1) is 19.7 Å². The number of amides is 2. The maximum Gasteiger partial charge on any atom is 0.236 e. The van der Waals surface area contributed by atoms with Crippen LogP contribution in [0.4, 0.5) is 4.39 Å². The maximum absolute atomic E-state index is 13.5. The zero-order valence-electron chi connectivity index (χ0n) is 13.4. The van der Waals surface area contributed by atoms with E-state index in [4.69, 9.17) is 10.5 Å². The second kappa shape index (κ2) is 7.41. The predicted molar refractivity (Wildman–Crippen MR) is 83.5 cm³/mol. The Morgan fingerprint density at radius 3 is 2.78 bits per heavy atom. The third-order valence-corrected chi connectivity index (χ3v) is 4.04. The molecular formula is C16H22FN3O3. The van der Waals surface area contributed by atoms with Gasteiger partial charge in [0.1, 0.15) is 11.9 Å². The summed E-state index contributed by atoms with van der Waals surface area (Å²) in [6.07, 6.45) is -1.07. The molecule has 2 atom stereocenters. The highest BCUT2D eigenvalue weighted by Crippen LogP contribution is 2.21. The molecule has 1 aliphatic heterocycles. The number of carbonyl (C=O) groups is 2. The number of benzene rings is 1. The van der Waals surface area contributed by atoms with E-state index >= 15 is 0 Å². The summed E-state index contributed by atoms with van der Waals surface area (Å²) in [5, 5.41) is 0. The molecule has 126 valence electrons. The lowest BCUT2D eigenvalue weighted by atomic mass is 10.2. The largest absolute Gasteiger partial charge is 0.496 e. The van der Waals surface area contributed by atoms with Gasteiger partial charge in [-0.15, -0.1) is 0 Å². The van der Waals surface area contributed by atoms with Crippen molar-refractivity contribution in [3.05, 3.63) is 29.8 Å². The maximum atomic E-state index is 13.5. The van der Waals surface area contributed by atoms with Crippen LogP contribution in [0.25, 0.3) is 0 Å². The fourth-order valence-corrected chi connectivity index (χ4v) is 2.79. The van der Waals surface area contributed by atoms with E-state index in [1.807, 2.05) is 24.3 Å². The Bertz CT molecular complexity index is 581. The van der Waals surface area contributed by atoms with Crippen molar-refractivity contribution in [2.45, 2.75) is 25.2 Å². The van der Waals surface area contributed by atoms with Crippen LogP contribution in [-0.2, 0) is 16.1 Å². The molecule has 2 N–H and O–H groups in total. The molecule has 1 aromatic carbocycles. The number of likely N-dealkylation sites (tertiary alicyclic amines) is 1. The quantitative estimate of drug-likeness (QED) is 0.829. The number of para-hydroxylation sites is 1. The molecule has 0 unspecified atom stereocenters. The van der Waals surface area contributed by atoms with E-state index in [-0.39, 0.29) is 25.4 Å². The monoisotopic (exact) mass is 323 g/mol. The molecule has 2 rings (SSSR count). The highest BCUT2D eigenvalue weighted by Gasteiger charge is 2.37. The van der Waals surface area contributed by atoms with Crippen LogP contribution in [0.5, 0.6) is 5.75 Å². The number of alkyl halides is 1. The highest BCUT2D eigenvalue weighted by molar-refractivity contribution is 5.83. The van der Waals surface area contributed by atoms with Gasteiger partial charge in [-0.2, -0.15) is 0 Å². The topological polar surface area (TPSA) is 75.9 Å².